The Hall–Kier alpha value is -2.38. The van der Waals surface area contributed by atoms with E-state index in [-0.39, 0.29) is 10.8 Å². The molecule has 2 N–H and O–H groups in total. The van der Waals surface area contributed by atoms with Gasteiger partial charge >= 0.3 is 0 Å². The van der Waals surface area contributed by atoms with Crippen LogP contribution in [-0.2, 0) is 21.2 Å². The molecule has 2 rings (SSSR count). The fraction of sp³-hybridized carbons (Fsp3) is 0.278. The molecule has 0 atom stereocenters. The van der Waals surface area contributed by atoms with Gasteiger partial charge in [0.1, 0.15) is 5.75 Å². The van der Waals surface area contributed by atoms with Crippen LogP contribution in [0.4, 0.5) is 5.69 Å². The summed E-state index contributed by atoms with van der Waals surface area (Å²) in [6.07, 6.45) is 0.841. The van der Waals surface area contributed by atoms with Crippen molar-refractivity contribution >= 4 is 21.6 Å². The molecule has 0 saturated carbocycles. The Balaban J connectivity index is 1.87. The third-order valence-electron chi connectivity index (χ3n) is 3.59. The number of benzene rings is 2. The highest BCUT2D eigenvalue weighted by Crippen LogP contribution is 2.16. The van der Waals surface area contributed by atoms with Crippen molar-refractivity contribution < 1.29 is 17.9 Å². The van der Waals surface area contributed by atoms with Gasteiger partial charge < -0.3 is 10.1 Å². The van der Waals surface area contributed by atoms with E-state index < -0.39 is 10.0 Å². The first kappa shape index (κ1) is 19.0. The number of aryl methyl sites for hydroxylation is 1. The Labute approximate surface area is 148 Å². The van der Waals surface area contributed by atoms with Crippen LogP contribution in [-0.4, -0.2) is 28.0 Å². The highest BCUT2D eigenvalue weighted by atomic mass is 32.2. The number of hydrogen-bond acceptors (Lipinski definition) is 4. The summed E-state index contributed by atoms with van der Waals surface area (Å²) < 4.78 is 30.9. The van der Waals surface area contributed by atoms with Crippen molar-refractivity contribution in [3.05, 3.63) is 54.1 Å². The number of carbonyl (C=O) groups is 1. The molecule has 7 heteroatoms. The lowest BCUT2D eigenvalue weighted by Gasteiger charge is -2.08. The van der Waals surface area contributed by atoms with Crippen LogP contribution < -0.4 is 14.8 Å². The van der Waals surface area contributed by atoms with Gasteiger partial charge in [0.05, 0.1) is 11.5 Å². The molecule has 0 fully saturated rings. The minimum atomic E-state index is -3.43. The van der Waals surface area contributed by atoms with Crippen LogP contribution in [0.25, 0.3) is 0 Å². The standard InChI is InChI=1S/C18H22N2O4S/c1-3-24-16-9-7-15(8-10-16)20-18(21)13-6-14-4-11-17(12-5-14)25(22,23)19-2/h4-5,7-12,19H,3,6,13H2,1-2H3,(H,20,21). The van der Waals surface area contributed by atoms with Crippen LogP contribution in [0.5, 0.6) is 5.75 Å². The summed E-state index contributed by atoms with van der Waals surface area (Å²) in [4.78, 5) is 12.2. The van der Waals surface area contributed by atoms with Gasteiger partial charge in [-0.05, 0) is 62.4 Å². The summed E-state index contributed by atoms with van der Waals surface area (Å²) in [6.45, 7) is 2.51. The molecule has 0 aliphatic heterocycles. The van der Waals surface area contributed by atoms with Gasteiger partial charge in [-0.25, -0.2) is 13.1 Å². The second-order valence-electron chi connectivity index (χ2n) is 5.36. The van der Waals surface area contributed by atoms with Gasteiger partial charge in [-0.2, -0.15) is 0 Å². The fourth-order valence-corrected chi connectivity index (χ4v) is 2.97. The van der Waals surface area contributed by atoms with Crippen molar-refractivity contribution in [2.24, 2.45) is 0 Å². The molecule has 0 radical (unpaired) electrons. The molecule has 0 aromatic heterocycles. The van der Waals surface area contributed by atoms with E-state index in [1.54, 1.807) is 36.4 Å². The number of anilines is 1. The molecule has 0 aliphatic rings. The van der Waals surface area contributed by atoms with E-state index in [1.165, 1.54) is 19.2 Å². The normalized spacial score (nSPS) is 11.1. The lowest BCUT2D eigenvalue weighted by Crippen LogP contribution is -2.18. The quantitative estimate of drug-likeness (QED) is 0.756. The molecular formula is C18H22N2O4S. The summed E-state index contributed by atoms with van der Waals surface area (Å²) in [5.74, 6) is 0.660. The zero-order valence-corrected chi connectivity index (χ0v) is 15.1. The van der Waals surface area contributed by atoms with Gasteiger partial charge in [0.2, 0.25) is 15.9 Å². The van der Waals surface area contributed by atoms with Crippen molar-refractivity contribution in [2.45, 2.75) is 24.7 Å². The topological polar surface area (TPSA) is 84.5 Å². The van der Waals surface area contributed by atoms with Crippen LogP contribution in [0, 0.1) is 0 Å². The summed E-state index contributed by atoms with van der Waals surface area (Å²) in [7, 11) is -2.06. The summed E-state index contributed by atoms with van der Waals surface area (Å²) in [5, 5.41) is 2.83. The van der Waals surface area contributed by atoms with Crippen molar-refractivity contribution in [3.63, 3.8) is 0 Å². The first-order valence-corrected chi connectivity index (χ1v) is 9.48. The van der Waals surface area contributed by atoms with Gasteiger partial charge in [0.15, 0.2) is 0 Å². The number of hydrogen-bond donors (Lipinski definition) is 2. The summed E-state index contributed by atoms with van der Waals surface area (Å²) in [5.41, 5.74) is 1.61. The fourth-order valence-electron chi connectivity index (χ4n) is 2.24. The van der Waals surface area contributed by atoms with Crippen LogP contribution >= 0.6 is 0 Å². The third-order valence-corrected chi connectivity index (χ3v) is 5.02. The molecule has 0 unspecified atom stereocenters. The monoisotopic (exact) mass is 362 g/mol. The maximum absolute atomic E-state index is 12.0. The highest BCUT2D eigenvalue weighted by molar-refractivity contribution is 7.89. The zero-order valence-electron chi connectivity index (χ0n) is 14.3. The van der Waals surface area contributed by atoms with Crippen molar-refractivity contribution in [1.82, 2.24) is 4.72 Å². The SMILES string of the molecule is CCOc1ccc(NC(=O)CCc2ccc(S(=O)(=O)NC)cc2)cc1. The van der Waals surface area contributed by atoms with E-state index in [0.717, 1.165) is 11.3 Å². The lowest BCUT2D eigenvalue weighted by atomic mass is 10.1. The van der Waals surface area contributed by atoms with Gasteiger partial charge in [0.25, 0.3) is 0 Å². The highest BCUT2D eigenvalue weighted by Gasteiger charge is 2.10. The van der Waals surface area contributed by atoms with Crippen LogP contribution in [0.15, 0.2) is 53.4 Å². The molecule has 0 heterocycles. The number of sulfonamides is 1. The molecule has 0 aliphatic carbocycles. The Morgan fingerprint density at radius 1 is 1.04 bits per heavy atom. The summed E-state index contributed by atoms with van der Waals surface area (Å²) >= 11 is 0. The Kier molecular flexibility index (Phi) is 6.55. The second kappa shape index (κ2) is 8.64. The molecule has 134 valence electrons. The Bertz CT molecular complexity index is 800. The Morgan fingerprint density at radius 3 is 2.24 bits per heavy atom. The van der Waals surface area contributed by atoms with E-state index in [4.69, 9.17) is 4.74 Å². The largest absolute Gasteiger partial charge is 0.494 e. The average Bonchev–Trinajstić information content (AvgIpc) is 2.62. The van der Waals surface area contributed by atoms with E-state index in [1.807, 2.05) is 6.92 Å². The number of rotatable bonds is 8. The maximum Gasteiger partial charge on any atom is 0.240 e. The van der Waals surface area contributed by atoms with Crippen LogP contribution in [0.3, 0.4) is 0 Å². The van der Waals surface area contributed by atoms with Gasteiger partial charge in [-0.1, -0.05) is 12.1 Å². The zero-order chi connectivity index (χ0) is 18.3. The van der Waals surface area contributed by atoms with Crippen LogP contribution in [0.2, 0.25) is 0 Å². The molecule has 0 bridgehead atoms. The van der Waals surface area contributed by atoms with Gasteiger partial charge in [0, 0.05) is 12.1 Å². The van der Waals surface area contributed by atoms with Crippen LogP contribution in [0.1, 0.15) is 18.9 Å². The predicted octanol–water partition coefficient (Wildman–Crippen LogP) is 2.56. The van der Waals surface area contributed by atoms with E-state index >= 15 is 0 Å². The summed E-state index contributed by atoms with van der Waals surface area (Å²) in [6, 6.07) is 13.7. The van der Waals surface area contributed by atoms with E-state index in [0.29, 0.717) is 25.1 Å². The smallest absolute Gasteiger partial charge is 0.240 e. The number of carbonyl (C=O) groups excluding carboxylic acids is 1. The van der Waals surface area contributed by atoms with Crippen molar-refractivity contribution in [3.8, 4) is 5.75 Å². The molecule has 1 amide bonds. The number of nitrogens with one attached hydrogen (secondary N) is 2. The number of amides is 1. The van der Waals surface area contributed by atoms with E-state index in [9.17, 15) is 13.2 Å². The van der Waals surface area contributed by atoms with Gasteiger partial charge in [-0.3, -0.25) is 4.79 Å². The molecule has 2 aromatic rings. The molecule has 0 spiro atoms. The predicted molar refractivity (Wildman–Crippen MR) is 97.2 cm³/mol. The molecule has 2 aromatic carbocycles. The lowest BCUT2D eigenvalue weighted by molar-refractivity contribution is -0.116. The second-order valence-corrected chi connectivity index (χ2v) is 7.24. The molecule has 6 nitrogen and oxygen atoms in total. The number of ether oxygens (including phenoxy) is 1. The van der Waals surface area contributed by atoms with Crippen molar-refractivity contribution in [2.75, 3.05) is 19.0 Å². The minimum Gasteiger partial charge on any atom is -0.494 e. The first-order valence-electron chi connectivity index (χ1n) is 8.00. The Morgan fingerprint density at radius 2 is 1.68 bits per heavy atom. The van der Waals surface area contributed by atoms with Gasteiger partial charge in [-0.15, -0.1) is 0 Å². The average molecular weight is 362 g/mol. The minimum absolute atomic E-state index is 0.101. The first-order chi connectivity index (χ1) is 11.9. The molecular weight excluding hydrogens is 340 g/mol. The maximum atomic E-state index is 12.0. The molecule has 25 heavy (non-hydrogen) atoms. The third kappa shape index (κ3) is 5.58. The van der Waals surface area contributed by atoms with Crippen molar-refractivity contribution in [1.29, 1.82) is 0 Å². The molecule has 0 saturated heterocycles. The van der Waals surface area contributed by atoms with E-state index in [2.05, 4.69) is 10.0 Å².